The van der Waals surface area contributed by atoms with Gasteiger partial charge in [0.15, 0.2) is 11.6 Å². The van der Waals surface area contributed by atoms with Gasteiger partial charge >= 0.3 is 0 Å². The summed E-state index contributed by atoms with van der Waals surface area (Å²) in [7, 11) is 1.65. The molecule has 1 aliphatic rings. The highest BCUT2D eigenvalue weighted by molar-refractivity contribution is 5.85. The topological polar surface area (TPSA) is 74.3 Å². The van der Waals surface area contributed by atoms with Crippen molar-refractivity contribution in [3.8, 4) is 28.5 Å². The molecule has 0 radical (unpaired) electrons. The zero-order valence-electron chi connectivity index (χ0n) is 15.1. The van der Waals surface area contributed by atoms with Gasteiger partial charge in [-0.3, -0.25) is 10.00 Å². The van der Waals surface area contributed by atoms with E-state index in [0.29, 0.717) is 5.82 Å². The van der Waals surface area contributed by atoms with Crippen LogP contribution in [0.25, 0.3) is 22.8 Å². The number of H-pyrrole nitrogens is 1. The van der Waals surface area contributed by atoms with Crippen LogP contribution in [0.3, 0.4) is 0 Å². The molecule has 2 N–H and O–H groups in total. The van der Waals surface area contributed by atoms with Crippen LogP contribution in [0.15, 0.2) is 48.5 Å². The summed E-state index contributed by atoms with van der Waals surface area (Å²) in [5.74, 6) is 2.23. The van der Waals surface area contributed by atoms with Gasteiger partial charge in [-0.25, -0.2) is 4.98 Å². The lowest BCUT2D eigenvalue weighted by Crippen LogP contribution is -2.21. The minimum atomic E-state index is -0.196. The summed E-state index contributed by atoms with van der Waals surface area (Å²) in [5, 5.41) is 17.1. The molecule has 0 aliphatic carbocycles. The molecule has 1 aliphatic heterocycles. The maximum absolute atomic E-state index is 9.68. The highest BCUT2D eigenvalue weighted by atomic mass is 35.5. The number of β-amino-alcohol motifs (C(OH)–C–C–N with tert-alkyl or cyclic N) is 1. The third-order valence-corrected chi connectivity index (χ3v) is 4.69. The van der Waals surface area contributed by atoms with Crippen molar-refractivity contribution in [2.24, 2.45) is 0 Å². The second kappa shape index (κ2) is 8.52. The van der Waals surface area contributed by atoms with Crippen LogP contribution in [0.5, 0.6) is 5.75 Å². The minimum absolute atomic E-state index is 0. The van der Waals surface area contributed by atoms with Crippen LogP contribution in [0.1, 0.15) is 12.0 Å². The monoisotopic (exact) mass is 386 g/mol. The van der Waals surface area contributed by atoms with Gasteiger partial charge in [-0.15, -0.1) is 12.4 Å². The molecule has 1 aromatic heterocycles. The zero-order valence-corrected chi connectivity index (χ0v) is 15.9. The maximum atomic E-state index is 9.68. The number of aromatic nitrogens is 3. The van der Waals surface area contributed by atoms with Gasteiger partial charge in [0.25, 0.3) is 0 Å². The summed E-state index contributed by atoms with van der Waals surface area (Å²) in [5.41, 5.74) is 3.15. The van der Waals surface area contributed by atoms with E-state index in [-0.39, 0.29) is 18.5 Å². The van der Waals surface area contributed by atoms with E-state index < -0.39 is 0 Å². The van der Waals surface area contributed by atoms with Crippen LogP contribution >= 0.6 is 12.4 Å². The van der Waals surface area contributed by atoms with E-state index in [1.54, 1.807) is 7.11 Å². The van der Waals surface area contributed by atoms with Gasteiger partial charge in [0.05, 0.1) is 13.2 Å². The molecule has 142 valence electrons. The number of halogens is 1. The molecule has 0 amide bonds. The maximum Gasteiger partial charge on any atom is 0.181 e. The van der Waals surface area contributed by atoms with Crippen LogP contribution in [0.4, 0.5) is 0 Å². The van der Waals surface area contributed by atoms with E-state index >= 15 is 0 Å². The molecule has 1 saturated heterocycles. The summed E-state index contributed by atoms with van der Waals surface area (Å²) in [4.78, 5) is 6.90. The summed E-state index contributed by atoms with van der Waals surface area (Å²) in [6, 6.07) is 16.0. The van der Waals surface area contributed by atoms with Gasteiger partial charge < -0.3 is 9.84 Å². The van der Waals surface area contributed by atoms with E-state index in [4.69, 9.17) is 4.74 Å². The Balaban J connectivity index is 0.00000210. The third-order valence-electron chi connectivity index (χ3n) is 4.69. The number of hydrogen-bond acceptors (Lipinski definition) is 5. The second-order valence-corrected chi connectivity index (χ2v) is 6.61. The van der Waals surface area contributed by atoms with E-state index in [1.807, 2.05) is 36.4 Å². The number of nitrogens with zero attached hydrogens (tertiary/aromatic N) is 3. The first kappa shape index (κ1) is 19.4. The molecule has 1 fully saturated rings. The SMILES string of the molecule is COc1ccc(-c2nc(-c3cccc(CN4CC[C@H](O)C4)c3)n[nH]2)cc1.Cl. The summed E-state index contributed by atoms with van der Waals surface area (Å²) >= 11 is 0. The molecule has 2 aromatic carbocycles. The van der Waals surface area contributed by atoms with Gasteiger partial charge in [0, 0.05) is 30.8 Å². The highest BCUT2D eigenvalue weighted by Crippen LogP contribution is 2.23. The first-order valence-electron chi connectivity index (χ1n) is 8.78. The molecule has 0 spiro atoms. The molecule has 1 atom stereocenters. The predicted molar refractivity (Wildman–Crippen MR) is 107 cm³/mol. The van der Waals surface area contributed by atoms with Crippen molar-refractivity contribution in [1.82, 2.24) is 20.1 Å². The van der Waals surface area contributed by atoms with E-state index in [0.717, 1.165) is 48.8 Å². The quantitative estimate of drug-likeness (QED) is 0.704. The van der Waals surface area contributed by atoms with Crippen LogP contribution in [0.2, 0.25) is 0 Å². The number of aromatic amines is 1. The predicted octanol–water partition coefficient (Wildman–Crippen LogP) is 3.14. The van der Waals surface area contributed by atoms with Crippen LogP contribution < -0.4 is 4.74 Å². The average Bonchev–Trinajstić information content (AvgIpc) is 3.31. The Morgan fingerprint density at radius 3 is 2.70 bits per heavy atom. The molecular weight excluding hydrogens is 364 g/mol. The second-order valence-electron chi connectivity index (χ2n) is 6.61. The Labute approximate surface area is 164 Å². The lowest BCUT2D eigenvalue weighted by Gasteiger charge is -2.15. The molecule has 4 rings (SSSR count). The van der Waals surface area contributed by atoms with Crippen molar-refractivity contribution in [3.63, 3.8) is 0 Å². The molecule has 0 saturated carbocycles. The van der Waals surface area contributed by atoms with Crippen LogP contribution in [-0.2, 0) is 6.54 Å². The largest absolute Gasteiger partial charge is 0.497 e. The number of nitrogens with one attached hydrogen (secondary N) is 1. The molecule has 3 aromatic rings. The first-order chi connectivity index (χ1) is 12.7. The fourth-order valence-electron chi connectivity index (χ4n) is 3.29. The number of ether oxygens (including phenoxy) is 1. The minimum Gasteiger partial charge on any atom is -0.497 e. The number of benzene rings is 2. The average molecular weight is 387 g/mol. The van der Waals surface area contributed by atoms with Crippen LogP contribution in [0, 0.1) is 0 Å². The molecule has 2 heterocycles. The summed E-state index contributed by atoms with van der Waals surface area (Å²) < 4.78 is 5.19. The Kier molecular flexibility index (Phi) is 6.11. The van der Waals surface area contributed by atoms with Crippen molar-refractivity contribution >= 4 is 12.4 Å². The zero-order chi connectivity index (χ0) is 17.9. The molecule has 0 bridgehead atoms. The van der Waals surface area contributed by atoms with Crippen molar-refractivity contribution in [2.45, 2.75) is 19.1 Å². The standard InChI is InChI=1S/C20H22N4O2.ClH/c1-26-18-7-5-15(6-8-18)19-21-20(23-22-19)16-4-2-3-14(11-16)12-24-10-9-17(25)13-24;/h2-8,11,17,25H,9-10,12-13H2,1H3,(H,21,22,23);1H/t17-;/m0./s1. The highest BCUT2D eigenvalue weighted by Gasteiger charge is 2.20. The number of likely N-dealkylation sites (tertiary alicyclic amines) is 1. The van der Waals surface area contributed by atoms with Gasteiger partial charge in [-0.05, 0) is 42.3 Å². The fraction of sp³-hybridized carbons (Fsp3) is 0.300. The van der Waals surface area contributed by atoms with Crippen molar-refractivity contribution < 1.29 is 9.84 Å². The molecule has 7 heteroatoms. The van der Waals surface area contributed by atoms with Crippen molar-refractivity contribution in [3.05, 3.63) is 54.1 Å². The first-order valence-corrected chi connectivity index (χ1v) is 8.78. The molecule has 0 unspecified atom stereocenters. The van der Waals surface area contributed by atoms with Gasteiger partial charge in [-0.2, -0.15) is 5.10 Å². The summed E-state index contributed by atoms with van der Waals surface area (Å²) in [6.45, 7) is 2.51. The number of rotatable bonds is 5. The number of methoxy groups -OCH3 is 1. The lowest BCUT2D eigenvalue weighted by atomic mass is 10.1. The summed E-state index contributed by atoms with van der Waals surface area (Å²) in [6.07, 6.45) is 0.657. The Bertz CT molecular complexity index is 882. The lowest BCUT2D eigenvalue weighted by molar-refractivity contribution is 0.175. The Hall–Kier alpha value is -2.41. The number of aliphatic hydroxyl groups excluding tert-OH is 1. The number of aliphatic hydroxyl groups is 1. The Morgan fingerprint density at radius 2 is 2.00 bits per heavy atom. The molecule has 27 heavy (non-hydrogen) atoms. The molecular formula is C20H23ClN4O2. The van der Waals surface area contributed by atoms with Crippen LogP contribution in [-0.4, -0.2) is 51.5 Å². The van der Waals surface area contributed by atoms with E-state index in [2.05, 4.69) is 32.2 Å². The molecule has 6 nitrogen and oxygen atoms in total. The normalized spacial score (nSPS) is 16.9. The van der Waals surface area contributed by atoms with Crippen molar-refractivity contribution in [1.29, 1.82) is 0 Å². The number of hydrogen-bond donors (Lipinski definition) is 2. The van der Waals surface area contributed by atoms with Crippen molar-refractivity contribution in [2.75, 3.05) is 20.2 Å². The van der Waals surface area contributed by atoms with Gasteiger partial charge in [0.2, 0.25) is 0 Å². The Morgan fingerprint density at radius 1 is 1.19 bits per heavy atom. The third kappa shape index (κ3) is 4.47. The van der Waals surface area contributed by atoms with Gasteiger partial charge in [-0.1, -0.05) is 18.2 Å². The smallest absolute Gasteiger partial charge is 0.181 e. The fourth-order valence-corrected chi connectivity index (χ4v) is 3.29. The van der Waals surface area contributed by atoms with E-state index in [1.165, 1.54) is 5.56 Å². The van der Waals surface area contributed by atoms with Gasteiger partial charge in [0.1, 0.15) is 5.75 Å². The van der Waals surface area contributed by atoms with E-state index in [9.17, 15) is 5.11 Å².